The predicted octanol–water partition coefficient (Wildman–Crippen LogP) is 2.64. The molecule has 0 amide bonds. The number of hydrogen-bond acceptors (Lipinski definition) is 5. The second-order valence-corrected chi connectivity index (χ2v) is 4.79. The van der Waals surface area contributed by atoms with E-state index in [1.807, 2.05) is 31.2 Å². The third-order valence-corrected chi connectivity index (χ3v) is 3.32. The number of methoxy groups -OCH3 is 2. The lowest BCUT2D eigenvalue weighted by atomic mass is 10.1. The molecule has 0 aliphatic rings. The second-order valence-electron chi connectivity index (χ2n) is 4.79. The highest BCUT2D eigenvalue weighted by atomic mass is 16.5. The van der Waals surface area contributed by atoms with E-state index in [9.17, 15) is 0 Å². The number of anilines is 2. The van der Waals surface area contributed by atoms with Gasteiger partial charge in [-0.25, -0.2) is 4.98 Å². The third-order valence-electron chi connectivity index (χ3n) is 3.32. The van der Waals surface area contributed by atoms with Crippen LogP contribution in [0.4, 0.5) is 11.5 Å². The number of hydrogen-bond donors (Lipinski definition) is 2. The van der Waals surface area contributed by atoms with Gasteiger partial charge in [-0.2, -0.15) is 0 Å². The molecule has 0 aliphatic heterocycles. The first-order valence-corrected chi connectivity index (χ1v) is 6.81. The number of pyridine rings is 1. The third kappa shape index (κ3) is 3.78. The summed E-state index contributed by atoms with van der Waals surface area (Å²) < 4.78 is 10.5. The van der Waals surface area contributed by atoms with Gasteiger partial charge in [-0.05, 0) is 42.7 Å². The molecule has 2 rings (SSSR count). The number of ether oxygens (including phenoxy) is 2. The Labute approximate surface area is 125 Å². The molecule has 0 atom stereocenters. The predicted molar refractivity (Wildman–Crippen MR) is 85.1 cm³/mol. The van der Waals surface area contributed by atoms with Crippen molar-refractivity contribution in [3.05, 3.63) is 41.6 Å². The molecule has 0 radical (unpaired) electrons. The minimum Gasteiger partial charge on any atom is -0.493 e. The fourth-order valence-electron chi connectivity index (χ4n) is 2.03. The molecule has 3 N–H and O–H groups in total. The van der Waals surface area contributed by atoms with E-state index in [2.05, 4.69) is 10.3 Å². The van der Waals surface area contributed by atoms with Gasteiger partial charge in [0.1, 0.15) is 5.82 Å². The lowest BCUT2D eigenvalue weighted by Crippen LogP contribution is -2.07. The van der Waals surface area contributed by atoms with Crippen molar-refractivity contribution >= 4 is 11.5 Å². The maximum atomic E-state index is 5.75. The zero-order valence-corrected chi connectivity index (χ0v) is 12.6. The largest absolute Gasteiger partial charge is 0.493 e. The number of nitrogens with two attached hydrogens (primary N) is 1. The molecule has 5 heteroatoms. The minimum atomic E-state index is 0.709. The monoisotopic (exact) mass is 287 g/mol. The van der Waals surface area contributed by atoms with E-state index >= 15 is 0 Å². The summed E-state index contributed by atoms with van der Waals surface area (Å²) in [6.45, 7) is 2.75. The van der Waals surface area contributed by atoms with Crippen molar-refractivity contribution in [2.24, 2.45) is 0 Å². The Morgan fingerprint density at radius 2 is 1.90 bits per heavy atom. The number of aromatic nitrogens is 1. The lowest BCUT2D eigenvalue weighted by Gasteiger charge is -2.10. The van der Waals surface area contributed by atoms with Gasteiger partial charge < -0.3 is 20.5 Å². The molecule has 1 heterocycles. The fourth-order valence-corrected chi connectivity index (χ4v) is 2.03. The van der Waals surface area contributed by atoms with Crippen LogP contribution in [0.3, 0.4) is 0 Å². The van der Waals surface area contributed by atoms with Gasteiger partial charge in [-0.15, -0.1) is 0 Å². The molecule has 5 nitrogen and oxygen atoms in total. The highest BCUT2D eigenvalue weighted by Gasteiger charge is 2.04. The summed E-state index contributed by atoms with van der Waals surface area (Å²) >= 11 is 0. The summed E-state index contributed by atoms with van der Waals surface area (Å²) in [5.41, 5.74) is 8.66. The van der Waals surface area contributed by atoms with E-state index in [-0.39, 0.29) is 0 Å². The standard InChI is InChI=1S/C16H21N3O2/c1-11-8-16(19-10-13(11)17)18-7-6-12-4-5-14(20-2)15(9-12)21-3/h4-5,8-10H,6-7,17H2,1-3H3,(H,18,19). The smallest absolute Gasteiger partial charge is 0.160 e. The quantitative estimate of drug-likeness (QED) is 0.854. The van der Waals surface area contributed by atoms with E-state index in [1.165, 1.54) is 5.56 Å². The molecule has 0 saturated carbocycles. The number of nitrogens with one attached hydrogen (secondary N) is 1. The molecular weight excluding hydrogens is 266 g/mol. The van der Waals surface area contributed by atoms with Gasteiger partial charge in [0.25, 0.3) is 0 Å². The molecule has 0 unspecified atom stereocenters. The topological polar surface area (TPSA) is 69.4 Å². The molecule has 0 fully saturated rings. The Morgan fingerprint density at radius 3 is 2.57 bits per heavy atom. The molecule has 2 aromatic rings. The summed E-state index contributed by atoms with van der Waals surface area (Å²) in [5.74, 6) is 2.32. The zero-order valence-electron chi connectivity index (χ0n) is 12.6. The maximum absolute atomic E-state index is 5.75. The Hall–Kier alpha value is -2.43. The number of nitrogens with zero attached hydrogens (tertiary/aromatic N) is 1. The number of aryl methyl sites for hydroxylation is 1. The van der Waals surface area contributed by atoms with Crippen LogP contribution in [0.25, 0.3) is 0 Å². The van der Waals surface area contributed by atoms with Gasteiger partial charge in [0, 0.05) is 6.54 Å². The molecule has 21 heavy (non-hydrogen) atoms. The number of nitrogen functional groups attached to an aromatic ring is 1. The second kappa shape index (κ2) is 6.83. The zero-order chi connectivity index (χ0) is 15.2. The van der Waals surface area contributed by atoms with Crippen LogP contribution in [0.15, 0.2) is 30.5 Å². The van der Waals surface area contributed by atoms with E-state index in [0.717, 1.165) is 35.8 Å². The van der Waals surface area contributed by atoms with E-state index in [4.69, 9.17) is 15.2 Å². The number of benzene rings is 1. The first kappa shape index (κ1) is 15.0. The van der Waals surface area contributed by atoms with Gasteiger partial charge in [0.05, 0.1) is 26.1 Å². The first-order chi connectivity index (χ1) is 10.1. The summed E-state index contributed by atoms with van der Waals surface area (Å²) in [7, 11) is 3.27. The van der Waals surface area contributed by atoms with Gasteiger partial charge in [-0.1, -0.05) is 6.07 Å². The van der Waals surface area contributed by atoms with Crippen LogP contribution in [0.2, 0.25) is 0 Å². The Balaban J connectivity index is 1.95. The Kier molecular flexibility index (Phi) is 4.87. The summed E-state index contributed by atoms with van der Waals surface area (Å²) in [5, 5.41) is 3.29. The van der Waals surface area contributed by atoms with Crippen molar-refractivity contribution < 1.29 is 9.47 Å². The molecule has 112 valence electrons. The van der Waals surface area contributed by atoms with Crippen molar-refractivity contribution in [1.29, 1.82) is 0 Å². The van der Waals surface area contributed by atoms with Crippen molar-refractivity contribution in [3.8, 4) is 11.5 Å². The minimum absolute atomic E-state index is 0.709. The van der Waals surface area contributed by atoms with Gasteiger partial charge in [0.2, 0.25) is 0 Å². The summed E-state index contributed by atoms with van der Waals surface area (Å²) in [6.07, 6.45) is 2.54. The SMILES string of the molecule is COc1ccc(CCNc2cc(C)c(N)cn2)cc1OC. The molecule has 1 aromatic carbocycles. The summed E-state index contributed by atoms with van der Waals surface area (Å²) in [6, 6.07) is 7.89. The van der Waals surface area contributed by atoms with Crippen LogP contribution in [0.5, 0.6) is 11.5 Å². The van der Waals surface area contributed by atoms with E-state index in [1.54, 1.807) is 20.4 Å². The molecule has 0 spiro atoms. The highest BCUT2D eigenvalue weighted by molar-refractivity contribution is 5.51. The van der Waals surface area contributed by atoms with E-state index < -0.39 is 0 Å². The van der Waals surface area contributed by atoms with Crippen LogP contribution in [-0.2, 0) is 6.42 Å². The van der Waals surface area contributed by atoms with Crippen molar-refractivity contribution in [2.45, 2.75) is 13.3 Å². The summed E-state index contributed by atoms with van der Waals surface area (Å²) in [4.78, 5) is 4.25. The molecular formula is C16H21N3O2. The van der Waals surface area contributed by atoms with E-state index in [0.29, 0.717) is 5.69 Å². The molecule has 0 saturated heterocycles. The lowest BCUT2D eigenvalue weighted by molar-refractivity contribution is 0.354. The molecule has 0 bridgehead atoms. The van der Waals surface area contributed by atoms with Crippen LogP contribution < -0.4 is 20.5 Å². The van der Waals surface area contributed by atoms with Gasteiger partial charge >= 0.3 is 0 Å². The van der Waals surface area contributed by atoms with Crippen LogP contribution >= 0.6 is 0 Å². The molecule has 1 aromatic heterocycles. The van der Waals surface area contributed by atoms with Gasteiger partial charge in [-0.3, -0.25) is 0 Å². The fraction of sp³-hybridized carbons (Fsp3) is 0.312. The molecule has 0 aliphatic carbocycles. The average Bonchev–Trinajstić information content (AvgIpc) is 2.50. The Morgan fingerprint density at radius 1 is 1.14 bits per heavy atom. The van der Waals surface area contributed by atoms with Crippen LogP contribution in [-0.4, -0.2) is 25.7 Å². The Bertz CT molecular complexity index is 614. The normalized spacial score (nSPS) is 10.2. The first-order valence-electron chi connectivity index (χ1n) is 6.81. The van der Waals surface area contributed by atoms with Crippen molar-refractivity contribution in [2.75, 3.05) is 31.8 Å². The van der Waals surface area contributed by atoms with Crippen LogP contribution in [0, 0.1) is 6.92 Å². The van der Waals surface area contributed by atoms with Gasteiger partial charge in [0.15, 0.2) is 11.5 Å². The van der Waals surface area contributed by atoms with Crippen LogP contribution in [0.1, 0.15) is 11.1 Å². The number of rotatable bonds is 6. The maximum Gasteiger partial charge on any atom is 0.160 e. The average molecular weight is 287 g/mol. The van der Waals surface area contributed by atoms with Crippen molar-refractivity contribution in [3.63, 3.8) is 0 Å². The van der Waals surface area contributed by atoms with Crippen molar-refractivity contribution in [1.82, 2.24) is 4.98 Å². The highest BCUT2D eigenvalue weighted by Crippen LogP contribution is 2.27.